The molecule has 1 fully saturated rings. The van der Waals surface area contributed by atoms with Gasteiger partial charge in [0.25, 0.3) is 5.91 Å². The van der Waals surface area contributed by atoms with Crippen molar-refractivity contribution in [2.75, 3.05) is 13.2 Å². The van der Waals surface area contributed by atoms with E-state index in [9.17, 15) is 4.79 Å². The lowest BCUT2D eigenvalue weighted by molar-refractivity contribution is -0.141. The molecule has 2 heterocycles. The number of carbonyl (C=O) groups excluding carboxylic acids is 1. The third kappa shape index (κ3) is 2.07. The van der Waals surface area contributed by atoms with Crippen LogP contribution in [0.15, 0.2) is 24.3 Å². The highest BCUT2D eigenvalue weighted by Crippen LogP contribution is 2.22. The van der Waals surface area contributed by atoms with Gasteiger partial charge < -0.3 is 9.64 Å². The van der Waals surface area contributed by atoms with Gasteiger partial charge in [0.05, 0.1) is 0 Å². The van der Waals surface area contributed by atoms with Crippen molar-refractivity contribution in [3.05, 3.63) is 35.4 Å². The van der Waals surface area contributed by atoms with Crippen LogP contribution >= 0.6 is 0 Å². The minimum atomic E-state index is -0.180. The molecule has 0 N–H and O–H groups in total. The lowest BCUT2D eigenvalue weighted by Crippen LogP contribution is -2.41. The smallest absolute Gasteiger partial charge is 0.252 e. The van der Waals surface area contributed by atoms with E-state index in [1.165, 1.54) is 11.1 Å². The van der Waals surface area contributed by atoms with Crippen LogP contribution < -0.4 is 0 Å². The van der Waals surface area contributed by atoms with Crippen molar-refractivity contribution >= 4 is 5.91 Å². The highest BCUT2D eigenvalue weighted by molar-refractivity contribution is 5.81. The molecular weight excluding hydrogens is 214 g/mol. The summed E-state index contributed by atoms with van der Waals surface area (Å²) in [5.41, 5.74) is 2.66. The molecule has 0 spiro atoms. The lowest BCUT2D eigenvalue weighted by atomic mass is 9.99. The molecule has 2 aliphatic heterocycles. The molecule has 0 saturated carbocycles. The summed E-state index contributed by atoms with van der Waals surface area (Å²) in [5.74, 6) is 0.178. The Kier molecular flexibility index (Phi) is 2.85. The second kappa shape index (κ2) is 4.49. The molecule has 3 nitrogen and oxygen atoms in total. The van der Waals surface area contributed by atoms with Gasteiger partial charge in [-0.15, -0.1) is 0 Å². The molecule has 1 saturated heterocycles. The molecule has 1 amide bonds. The number of hydrogen-bond donors (Lipinski definition) is 0. The highest BCUT2D eigenvalue weighted by Gasteiger charge is 2.29. The van der Waals surface area contributed by atoms with Crippen molar-refractivity contribution in [3.63, 3.8) is 0 Å². The van der Waals surface area contributed by atoms with E-state index < -0.39 is 0 Å². The first-order valence-corrected chi connectivity index (χ1v) is 6.32. The highest BCUT2D eigenvalue weighted by atomic mass is 16.5. The number of carbonyl (C=O) groups is 1. The van der Waals surface area contributed by atoms with E-state index in [1.54, 1.807) is 0 Å². The Bertz CT molecular complexity index is 424. The summed E-state index contributed by atoms with van der Waals surface area (Å²) in [6.45, 7) is 2.31. The van der Waals surface area contributed by atoms with Crippen LogP contribution in [0.4, 0.5) is 0 Å². The van der Waals surface area contributed by atoms with E-state index in [0.717, 1.165) is 39.0 Å². The van der Waals surface area contributed by atoms with Crippen LogP contribution in [0.3, 0.4) is 0 Å². The standard InChI is InChI=1S/C14H17NO2/c16-14(13-6-3-9-17-13)15-8-7-11-4-1-2-5-12(11)10-15/h1-2,4-5,13H,3,6-10H2/t13-/m0/s1. The van der Waals surface area contributed by atoms with Crippen molar-refractivity contribution in [1.82, 2.24) is 4.90 Å². The number of ether oxygens (including phenoxy) is 1. The van der Waals surface area contributed by atoms with Crippen LogP contribution in [-0.4, -0.2) is 30.1 Å². The molecule has 90 valence electrons. The fraction of sp³-hybridized carbons (Fsp3) is 0.500. The fourth-order valence-electron chi connectivity index (χ4n) is 2.66. The second-order valence-electron chi connectivity index (χ2n) is 4.78. The van der Waals surface area contributed by atoms with Crippen LogP contribution in [-0.2, 0) is 22.5 Å². The Labute approximate surface area is 101 Å². The summed E-state index contributed by atoms with van der Waals surface area (Å²) in [5, 5.41) is 0. The third-order valence-electron chi connectivity index (χ3n) is 3.65. The number of amides is 1. The molecule has 0 aliphatic carbocycles. The quantitative estimate of drug-likeness (QED) is 0.737. The van der Waals surface area contributed by atoms with E-state index in [1.807, 2.05) is 11.0 Å². The normalized spacial score (nSPS) is 23.5. The molecule has 0 aromatic heterocycles. The zero-order chi connectivity index (χ0) is 11.7. The van der Waals surface area contributed by atoms with Crippen molar-refractivity contribution in [3.8, 4) is 0 Å². The Morgan fingerprint density at radius 3 is 2.88 bits per heavy atom. The molecule has 0 unspecified atom stereocenters. The van der Waals surface area contributed by atoms with Crippen LogP contribution in [0, 0.1) is 0 Å². The topological polar surface area (TPSA) is 29.5 Å². The second-order valence-corrected chi connectivity index (χ2v) is 4.78. The molecule has 3 heteroatoms. The predicted molar refractivity (Wildman–Crippen MR) is 64.5 cm³/mol. The average molecular weight is 231 g/mol. The van der Waals surface area contributed by atoms with E-state index in [4.69, 9.17) is 4.74 Å². The molecule has 3 rings (SSSR count). The maximum atomic E-state index is 12.2. The van der Waals surface area contributed by atoms with Crippen molar-refractivity contribution in [1.29, 1.82) is 0 Å². The van der Waals surface area contributed by atoms with Gasteiger partial charge >= 0.3 is 0 Å². The van der Waals surface area contributed by atoms with Gasteiger partial charge in [-0.05, 0) is 30.4 Å². The Morgan fingerprint density at radius 1 is 1.29 bits per heavy atom. The lowest BCUT2D eigenvalue weighted by Gasteiger charge is -2.30. The van der Waals surface area contributed by atoms with Crippen LogP contribution in [0.5, 0.6) is 0 Å². The molecule has 0 radical (unpaired) electrons. The first kappa shape index (κ1) is 10.8. The maximum absolute atomic E-state index is 12.2. The van der Waals surface area contributed by atoms with Crippen LogP contribution in [0.1, 0.15) is 24.0 Å². The summed E-state index contributed by atoms with van der Waals surface area (Å²) < 4.78 is 5.46. The SMILES string of the molecule is O=C([C@@H]1CCCO1)N1CCc2ccccc2C1. The Morgan fingerprint density at radius 2 is 2.12 bits per heavy atom. The van der Waals surface area contributed by atoms with Gasteiger partial charge in [-0.2, -0.15) is 0 Å². The molecular formula is C14H17NO2. The molecule has 17 heavy (non-hydrogen) atoms. The van der Waals surface area contributed by atoms with Crippen LogP contribution in [0.2, 0.25) is 0 Å². The van der Waals surface area contributed by atoms with E-state index in [0.29, 0.717) is 0 Å². The van der Waals surface area contributed by atoms with Crippen LogP contribution in [0.25, 0.3) is 0 Å². The zero-order valence-electron chi connectivity index (χ0n) is 9.89. The molecule has 1 atom stereocenters. The summed E-state index contributed by atoms with van der Waals surface area (Å²) in [6, 6.07) is 8.38. The Balaban J connectivity index is 1.73. The van der Waals surface area contributed by atoms with Gasteiger partial charge in [-0.1, -0.05) is 24.3 Å². The average Bonchev–Trinajstić information content (AvgIpc) is 2.91. The number of rotatable bonds is 1. The van der Waals surface area contributed by atoms with E-state index in [-0.39, 0.29) is 12.0 Å². The number of benzene rings is 1. The van der Waals surface area contributed by atoms with Crippen molar-refractivity contribution in [2.45, 2.75) is 31.9 Å². The number of fused-ring (bicyclic) bond motifs is 1. The summed E-state index contributed by atoms with van der Waals surface area (Å²) >= 11 is 0. The first-order valence-electron chi connectivity index (χ1n) is 6.32. The molecule has 1 aromatic rings. The van der Waals surface area contributed by atoms with Gasteiger partial charge in [0, 0.05) is 19.7 Å². The number of nitrogens with zero attached hydrogens (tertiary/aromatic N) is 1. The first-order chi connectivity index (χ1) is 8.34. The van der Waals surface area contributed by atoms with E-state index >= 15 is 0 Å². The molecule has 0 bridgehead atoms. The van der Waals surface area contributed by atoms with Gasteiger partial charge in [0.15, 0.2) is 0 Å². The van der Waals surface area contributed by atoms with Gasteiger partial charge in [0.1, 0.15) is 6.10 Å². The summed E-state index contributed by atoms with van der Waals surface area (Å²) in [6.07, 6.45) is 2.69. The Hall–Kier alpha value is -1.35. The number of hydrogen-bond acceptors (Lipinski definition) is 2. The fourth-order valence-corrected chi connectivity index (χ4v) is 2.66. The maximum Gasteiger partial charge on any atom is 0.252 e. The zero-order valence-corrected chi connectivity index (χ0v) is 9.89. The van der Waals surface area contributed by atoms with Crippen molar-refractivity contribution in [2.24, 2.45) is 0 Å². The third-order valence-corrected chi connectivity index (χ3v) is 3.65. The van der Waals surface area contributed by atoms with Gasteiger partial charge in [0.2, 0.25) is 0 Å². The predicted octanol–water partition coefficient (Wildman–Crippen LogP) is 1.75. The minimum absolute atomic E-state index is 0.178. The van der Waals surface area contributed by atoms with Gasteiger partial charge in [-0.25, -0.2) is 0 Å². The molecule has 1 aromatic carbocycles. The monoisotopic (exact) mass is 231 g/mol. The van der Waals surface area contributed by atoms with Gasteiger partial charge in [-0.3, -0.25) is 4.79 Å². The summed E-state index contributed by atoms with van der Waals surface area (Å²) in [4.78, 5) is 14.2. The molecule has 2 aliphatic rings. The van der Waals surface area contributed by atoms with Crippen molar-refractivity contribution < 1.29 is 9.53 Å². The van der Waals surface area contributed by atoms with E-state index in [2.05, 4.69) is 18.2 Å². The minimum Gasteiger partial charge on any atom is -0.368 e. The summed E-state index contributed by atoms with van der Waals surface area (Å²) in [7, 11) is 0. The largest absolute Gasteiger partial charge is 0.368 e.